The lowest BCUT2D eigenvalue weighted by atomic mass is 10.00. The van der Waals surface area contributed by atoms with Gasteiger partial charge in [-0.05, 0) is 47.4 Å². The van der Waals surface area contributed by atoms with Crippen molar-refractivity contribution in [1.82, 2.24) is 14.7 Å². The average Bonchev–Trinajstić information content (AvgIpc) is 3.41. The molecule has 1 aliphatic rings. The van der Waals surface area contributed by atoms with Gasteiger partial charge in [-0.15, -0.1) is 0 Å². The largest absolute Gasteiger partial charge is 0.493 e. The molecule has 0 saturated heterocycles. The molecule has 0 bridgehead atoms. The number of hydrogen-bond acceptors (Lipinski definition) is 6. The van der Waals surface area contributed by atoms with Crippen LogP contribution in [0.5, 0.6) is 11.5 Å². The Kier molecular flexibility index (Phi) is 6.89. The normalized spacial score (nSPS) is 12.5. The molecule has 1 aromatic heterocycles. The first-order valence-electron chi connectivity index (χ1n) is 12.0. The highest BCUT2D eigenvalue weighted by atomic mass is 16.5. The molecule has 0 fully saturated rings. The minimum Gasteiger partial charge on any atom is -0.493 e. The third kappa shape index (κ3) is 5.04. The van der Waals surface area contributed by atoms with E-state index in [2.05, 4.69) is 11.2 Å². The van der Waals surface area contributed by atoms with Gasteiger partial charge in [-0.25, -0.2) is 9.48 Å². The van der Waals surface area contributed by atoms with Crippen molar-refractivity contribution in [2.75, 3.05) is 27.4 Å². The molecule has 0 saturated carbocycles. The van der Waals surface area contributed by atoms with Crippen LogP contribution in [0.1, 0.15) is 21.6 Å². The Hall–Kier alpha value is -4.59. The van der Waals surface area contributed by atoms with Crippen LogP contribution in [0.4, 0.5) is 0 Å². The third-order valence-corrected chi connectivity index (χ3v) is 6.43. The van der Waals surface area contributed by atoms with E-state index in [1.54, 1.807) is 42.1 Å². The number of rotatable bonds is 7. The summed E-state index contributed by atoms with van der Waals surface area (Å²) < 4.78 is 17.9. The van der Waals surface area contributed by atoms with E-state index >= 15 is 0 Å². The molecule has 1 aliphatic heterocycles. The molecular weight excluding hydrogens is 470 g/mol. The van der Waals surface area contributed by atoms with Crippen molar-refractivity contribution >= 4 is 11.9 Å². The number of fused-ring (bicyclic) bond motifs is 1. The molecule has 0 aliphatic carbocycles. The second-order valence-electron chi connectivity index (χ2n) is 8.65. The molecular formula is C29H27N3O5. The monoisotopic (exact) mass is 497 g/mol. The number of carbonyl (C=O) groups excluding carboxylic acids is 2. The topological polar surface area (TPSA) is 82.9 Å². The average molecular weight is 498 g/mol. The summed E-state index contributed by atoms with van der Waals surface area (Å²) in [5.74, 6) is 0.176. The zero-order valence-electron chi connectivity index (χ0n) is 20.7. The van der Waals surface area contributed by atoms with E-state index in [4.69, 9.17) is 14.2 Å². The van der Waals surface area contributed by atoms with Crippen LogP contribution in [-0.2, 0) is 22.5 Å². The van der Waals surface area contributed by atoms with Gasteiger partial charge in [-0.2, -0.15) is 5.10 Å². The smallest absolute Gasteiger partial charge is 0.360 e. The van der Waals surface area contributed by atoms with Crippen LogP contribution < -0.4 is 9.47 Å². The van der Waals surface area contributed by atoms with Gasteiger partial charge in [-0.1, -0.05) is 48.5 Å². The maximum absolute atomic E-state index is 13.2. The molecule has 3 aromatic carbocycles. The second-order valence-corrected chi connectivity index (χ2v) is 8.65. The quantitative estimate of drug-likeness (QED) is 0.354. The first-order valence-corrected chi connectivity index (χ1v) is 12.0. The summed E-state index contributed by atoms with van der Waals surface area (Å²) in [4.78, 5) is 27.8. The number of ether oxygens (including phenoxy) is 3. The molecule has 0 N–H and O–H groups in total. The van der Waals surface area contributed by atoms with E-state index in [1.165, 1.54) is 5.56 Å². The summed E-state index contributed by atoms with van der Waals surface area (Å²) in [5.41, 5.74) is 4.50. The fourth-order valence-electron chi connectivity index (χ4n) is 4.45. The van der Waals surface area contributed by atoms with Gasteiger partial charge in [0.15, 0.2) is 23.8 Å². The Bertz CT molecular complexity index is 1430. The molecule has 188 valence electrons. The van der Waals surface area contributed by atoms with Crippen LogP contribution in [0.2, 0.25) is 0 Å². The van der Waals surface area contributed by atoms with Gasteiger partial charge in [0.25, 0.3) is 5.91 Å². The Balaban J connectivity index is 1.39. The summed E-state index contributed by atoms with van der Waals surface area (Å²) in [6, 6.07) is 22.9. The third-order valence-electron chi connectivity index (χ3n) is 6.43. The van der Waals surface area contributed by atoms with E-state index in [0.29, 0.717) is 35.7 Å². The minimum atomic E-state index is -0.676. The summed E-state index contributed by atoms with van der Waals surface area (Å²) in [6.45, 7) is 0.740. The van der Waals surface area contributed by atoms with Gasteiger partial charge in [0.2, 0.25) is 0 Å². The number of para-hydroxylation sites is 1. The van der Waals surface area contributed by atoms with Crippen LogP contribution in [-0.4, -0.2) is 53.9 Å². The Labute approximate surface area is 215 Å². The summed E-state index contributed by atoms with van der Waals surface area (Å²) in [5, 5.41) is 4.52. The van der Waals surface area contributed by atoms with E-state index in [9.17, 15) is 9.59 Å². The number of aromatic nitrogens is 2. The van der Waals surface area contributed by atoms with Crippen LogP contribution in [0, 0.1) is 0 Å². The van der Waals surface area contributed by atoms with Gasteiger partial charge in [0.05, 0.1) is 19.9 Å². The zero-order chi connectivity index (χ0) is 25.8. The lowest BCUT2D eigenvalue weighted by molar-refractivity contribution is -0.135. The fraction of sp³-hybridized carbons (Fsp3) is 0.207. The van der Waals surface area contributed by atoms with Gasteiger partial charge < -0.3 is 19.1 Å². The molecule has 0 radical (unpaired) electrons. The van der Waals surface area contributed by atoms with Crippen molar-refractivity contribution in [1.29, 1.82) is 0 Å². The number of nitrogens with zero attached hydrogens (tertiary/aromatic N) is 3. The maximum atomic E-state index is 13.2. The molecule has 5 rings (SSSR count). The summed E-state index contributed by atoms with van der Waals surface area (Å²) in [6.07, 6.45) is 2.54. The second kappa shape index (κ2) is 10.6. The minimum absolute atomic E-state index is 0.105. The van der Waals surface area contributed by atoms with Gasteiger partial charge in [0.1, 0.15) is 0 Å². The molecule has 37 heavy (non-hydrogen) atoms. The van der Waals surface area contributed by atoms with Crippen molar-refractivity contribution in [2.45, 2.75) is 13.0 Å². The highest BCUT2D eigenvalue weighted by Crippen LogP contribution is 2.34. The number of hydrogen-bond donors (Lipinski definition) is 0. The molecule has 4 aromatic rings. The van der Waals surface area contributed by atoms with E-state index in [-0.39, 0.29) is 18.2 Å². The lowest BCUT2D eigenvalue weighted by Gasteiger charge is -2.28. The Morgan fingerprint density at radius 1 is 0.892 bits per heavy atom. The first kappa shape index (κ1) is 24.1. The number of carbonyl (C=O) groups is 2. The van der Waals surface area contributed by atoms with Crippen molar-refractivity contribution in [2.24, 2.45) is 0 Å². The van der Waals surface area contributed by atoms with E-state index in [1.807, 2.05) is 54.6 Å². The van der Waals surface area contributed by atoms with Gasteiger partial charge >= 0.3 is 5.97 Å². The van der Waals surface area contributed by atoms with E-state index in [0.717, 1.165) is 17.7 Å². The molecule has 0 unspecified atom stereocenters. The Morgan fingerprint density at radius 3 is 2.38 bits per heavy atom. The van der Waals surface area contributed by atoms with Crippen LogP contribution in [0.25, 0.3) is 16.8 Å². The van der Waals surface area contributed by atoms with Crippen molar-refractivity contribution in [3.8, 4) is 28.3 Å². The molecule has 1 amide bonds. The summed E-state index contributed by atoms with van der Waals surface area (Å²) >= 11 is 0. The van der Waals surface area contributed by atoms with Crippen LogP contribution >= 0.6 is 0 Å². The van der Waals surface area contributed by atoms with Crippen molar-refractivity contribution in [3.05, 3.63) is 95.8 Å². The highest BCUT2D eigenvalue weighted by Gasteiger charge is 2.25. The molecule has 8 nitrogen and oxygen atoms in total. The summed E-state index contributed by atoms with van der Waals surface area (Å²) in [7, 11) is 3.11. The van der Waals surface area contributed by atoms with Gasteiger partial charge in [0, 0.05) is 24.8 Å². The van der Waals surface area contributed by atoms with Gasteiger partial charge in [-0.3, -0.25) is 4.79 Å². The van der Waals surface area contributed by atoms with Crippen molar-refractivity contribution < 1.29 is 23.8 Å². The lowest BCUT2D eigenvalue weighted by Crippen LogP contribution is -2.38. The molecule has 2 heterocycles. The number of amides is 1. The maximum Gasteiger partial charge on any atom is 0.360 e. The van der Waals surface area contributed by atoms with Crippen molar-refractivity contribution in [3.63, 3.8) is 0 Å². The van der Waals surface area contributed by atoms with Crippen LogP contribution in [0.3, 0.4) is 0 Å². The first-order chi connectivity index (χ1) is 18.1. The predicted molar refractivity (Wildman–Crippen MR) is 138 cm³/mol. The number of benzene rings is 3. The number of esters is 1. The molecule has 0 atom stereocenters. The molecule has 0 spiro atoms. The Morgan fingerprint density at radius 2 is 1.62 bits per heavy atom. The van der Waals surface area contributed by atoms with Crippen LogP contribution in [0.15, 0.2) is 79.0 Å². The number of methoxy groups -OCH3 is 2. The predicted octanol–water partition coefficient (Wildman–Crippen LogP) is 4.30. The van der Waals surface area contributed by atoms with E-state index < -0.39 is 5.97 Å². The molecule has 8 heteroatoms. The SMILES string of the molecule is COc1ccc(-c2cn(-c3ccccc3)nc2C(=O)OCC(=O)N2CCc3ccccc3C2)cc1OC. The highest BCUT2D eigenvalue weighted by molar-refractivity contribution is 5.96. The zero-order valence-corrected chi connectivity index (χ0v) is 20.7. The standard InChI is InChI=1S/C29H27N3O5/c1-35-25-13-12-21(16-26(25)36-2)24-18-32(23-10-4-3-5-11-23)30-28(24)29(34)37-19-27(33)31-15-14-20-8-6-7-9-22(20)17-31/h3-13,16,18H,14-15,17,19H2,1-2H3. The fourth-order valence-corrected chi connectivity index (χ4v) is 4.45.